The summed E-state index contributed by atoms with van der Waals surface area (Å²) in [6.07, 6.45) is 6.01. The molecular formula is C21H26N4O. The molecule has 0 aliphatic carbocycles. The number of carbonyl (C=O) groups is 1. The highest BCUT2D eigenvalue weighted by Gasteiger charge is 2.21. The van der Waals surface area contributed by atoms with Gasteiger partial charge in [0.15, 0.2) is 0 Å². The van der Waals surface area contributed by atoms with Crippen molar-refractivity contribution in [1.29, 1.82) is 0 Å². The Labute approximate surface area is 155 Å². The van der Waals surface area contributed by atoms with Gasteiger partial charge in [-0.25, -0.2) is 4.98 Å². The number of piperazine rings is 1. The molecule has 0 bridgehead atoms. The zero-order valence-electron chi connectivity index (χ0n) is 15.5. The van der Waals surface area contributed by atoms with Crippen molar-refractivity contribution in [2.24, 2.45) is 0 Å². The van der Waals surface area contributed by atoms with Gasteiger partial charge < -0.3 is 9.80 Å². The highest BCUT2D eigenvalue weighted by atomic mass is 16.2. The Morgan fingerprint density at radius 3 is 2.42 bits per heavy atom. The van der Waals surface area contributed by atoms with Crippen LogP contribution in [0.1, 0.15) is 15.9 Å². The van der Waals surface area contributed by atoms with Crippen LogP contribution in [0.15, 0.2) is 54.7 Å². The first kappa shape index (κ1) is 18.1. The maximum Gasteiger partial charge on any atom is 0.255 e. The van der Waals surface area contributed by atoms with Gasteiger partial charge in [-0.2, -0.15) is 0 Å². The number of hydrogen-bond acceptors (Lipinski definition) is 4. The van der Waals surface area contributed by atoms with Crippen molar-refractivity contribution >= 4 is 17.8 Å². The minimum atomic E-state index is 0.0716. The molecule has 1 aliphatic rings. The maximum absolute atomic E-state index is 12.6. The summed E-state index contributed by atoms with van der Waals surface area (Å²) in [5, 5.41) is 0. The zero-order chi connectivity index (χ0) is 18.4. The van der Waals surface area contributed by atoms with E-state index in [2.05, 4.69) is 34.2 Å². The molecule has 0 saturated carbocycles. The molecule has 1 aromatic heterocycles. The van der Waals surface area contributed by atoms with Gasteiger partial charge >= 0.3 is 0 Å². The van der Waals surface area contributed by atoms with E-state index in [1.807, 2.05) is 54.2 Å². The quantitative estimate of drug-likeness (QED) is 0.831. The van der Waals surface area contributed by atoms with Crippen LogP contribution in [0.5, 0.6) is 0 Å². The van der Waals surface area contributed by atoms with Crippen molar-refractivity contribution in [1.82, 2.24) is 14.8 Å². The summed E-state index contributed by atoms with van der Waals surface area (Å²) in [6, 6.07) is 14.1. The number of carbonyl (C=O) groups excluding carboxylic acids is 1. The first-order chi connectivity index (χ1) is 12.6. The van der Waals surface area contributed by atoms with Gasteiger partial charge in [0.2, 0.25) is 0 Å². The predicted molar refractivity (Wildman–Crippen MR) is 106 cm³/mol. The molecule has 1 aliphatic heterocycles. The first-order valence-corrected chi connectivity index (χ1v) is 9.00. The summed E-state index contributed by atoms with van der Waals surface area (Å²) in [7, 11) is 3.88. The van der Waals surface area contributed by atoms with Crippen LogP contribution >= 0.6 is 0 Å². The molecule has 0 unspecified atom stereocenters. The van der Waals surface area contributed by atoms with Crippen molar-refractivity contribution in [2.45, 2.75) is 0 Å². The highest BCUT2D eigenvalue weighted by molar-refractivity contribution is 5.94. The number of hydrogen-bond donors (Lipinski definition) is 0. The molecular weight excluding hydrogens is 324 g/mol. The molecule has 2 aromatic rings. The van der Waals surface area contributed by atoms with E-state index in [0.717, 1.165) is 38.5 Å². The Kier molecular flexibility index (Phi) is 6.02. The van der Waals surface area contributed by atoms with Gasteiger partial charge in [-0.05, 0) is 17.7 Å². The normalized spacial score (nSPS) is 15.4. The molecule has 136 valence electrons. The largest absolute Gasteiger partial charge is 0.363 e. The Bertz CT molecular complexity index is 732. The van der Waals surface area contributed by atoms with E-state index in [0.29, 0.717) is 5.56 Å². The Hall–Kier alpha value is -2.66. The number of benzene rings is 1. The summed E-state index contributed by atoms with van der Waals surface area (Å²) in [5.41, 5.74) is 1.88. The van der Waals surface area contributed by atoms with E-state index in [1.54, 1.807) is 6.20 Å². The van der Waals surface area contributed by atoms with Crippen LogP contribution in [0.25, 0.3) is 6.08 Å². The SMILES string of the molecule is CN(C)c1ccc(C(=O)N2CCN(C/C=C/c3ccccc3)CC2)cn1. The van der Waals surface area contributed by atoms with Crippen LogP contribution in [-0.4, -0.2) is 67.5 Å². The molecule has 0 N–H and O–H groups in total. The Balaban J connectivity index is 1.48. The third-order valence-electron chi connectivity index (χ3n) is 4.59. The number of pyridine rings is 1. The molecule has 1 amide bonds. The fraction of sp³-hybridized carbons (Fsp3) is 0.333. The minimum Gasteiger partial charge on any atom is -0.363 e. The molecule has 1 fully saturated rings. The second-order valence-corrected chi connectivity index (χ2v) is 6.71. The third kappa shape index (κ3) is 4.70. The topological polar surface area (TPSA) is 39.7 Å². The van der Waals surface area contributed by atoms with Gasteiger partial charge in [0.05, 0.1) is 5.56 Å². The number of amides is 1. The maximum atomic E-state index is 12.6. The molecule has 3 rings (SSSR count). The smallest absolute Gasteiger partial charge is 0.255 e. The molecule has 0 spiro atoms. The van der Waals surface area contributed by atoms with Crippen molar-refractivity contribution < 1.29 is 4.79 Å². The van der Waals surface area contributed by atoms with Gasteiger partial charge in [0.1, 0.15) is 5.82 Å². The van der Waals surface area contributed by atoms with Crippen molar-refractivity contribution in [3.8, 4) is 0 Å². The van der Waals surface area contributed by atoms with Crippen LogP contribution in [0.4, 0.5) is 5.82 Å². The van der Waals surface area contributed by atoms with Crippen LogP contribution in [0.2, 0.25) is 0 Å². The lowest BCUT2D eigenvalue weighted by Gasteiger charge is -2.34. The lowest BCUT2D eigenvalue weighted by Crippen LogP contribution is -2.48. The molecule has 1 aromatic carbocycles. The number of nitrogens with zero attached hydrogens (tertiary/aromatic N) is 4. The van der Waals surface area contributed by atoms with Crippen molar-refractivity contribution in [3.63, 3.8) is 0 Å². The van der Waals surface area contributed by atoms with E-state index in [9.17, 15) is 4.79 Å². The van der Waals surface area contributed by atoms with Crippen LogP contribution in [0.3, 0.4) is 0 Å². The lowest BCUT2D eigenvalue weighted by atomic mass is 10.2. The summed E-state index contributed by atoms with van der Waals surface area (Å²) in [4.78, 5) is 23.2. The van der Waals surface area contributed by atoms with Gasteiger partial charge in [-0.3, -0.25) is 9.69 Å². The fourth-order valence-electron chi connectivity index (χ4n) is 3.00. The molecule has 2 heterocycles. The van der Waals surface area contributed by atoms with E-state index in [4.69, 9.17) is 0 Å². The summed E-state index contributed by atoms with van der Waals surface area (Å²) in [6.45, 7) is 4.22. The van der Waals surface area contributed by atoms with Gasteiger partial charge in [-0.1, -0.05) is 42.5 Å². The predicted octanol–water partition coefficient (Wildman–Crippen LogP) is 2.62. The molecule has 5 heteroatoms. The summed E-state index contributed by atoms with van der Waals surface area (Å²) < 4.78 is 0. The standard InChI is InChI=1S/C21H26N4O/c1-23(2)20-11-10-19(17-22-20)21(26)25-15-13-24(14-16-25)12-6-9-18-7-4-3-5-8-18/h3-11,17H,12-16H2,1-2H3/b9-6+. The summed E-state index contributed by atoms with van der Waals surface area (Å²) in [5.74, 6) is 0.929. The average Bonchev–Trinajstić information content (AvgIpc) is 2.69. The van der Waals surface area contributed by atoms with E-state index >= 15 is 0 Å². The Morgan fingerprint density at radius 2 is 1.81 bits per heavy atom. The second kappa shape index (κ2) is 8.63. The Morgan fingerprint density at radius 1 is 1.08 bits per heavy atom. The molecule has 5 nitrogen and oxygen atoms in total. The molecule has 0 atom stereocenters. The zero-order valence-corrected chi connectivity index (χ0v) is 15.5. The monoisotopic (exact) mass is 350 g/mol. The third-order valence-corrected chi connectivity index (χ3v) is 4.59. The van der Waals surface area contributed by atoms with Gasteiger partial charge in [-0.15, -0.1) is 0 Å². The lowest BCUT2D eigenvalue weighted by molar-refractivity contribution is 0.0650. The number of aromatic nitrogens is 1. The molecule has 26 heavy (non-hydrogen) atoms. The fourth-order valence-corrected chi connectivity index (χ4v) is 3.00. The van der Waals surface area contributed by atoms with Gasteiger partial charge in [0.25, 0.3) is 5.91 Å². The average molecular weight is 350 g/mol. The van der Waals surface area contributed by atoms with Crippen molar-refractivity contribution in [2.75, 3.05) is 51.7 Å². The first-order valence-electron chi connectivity index (χ1n) is 9.00. The second-order valence-electron chi connectivity index (χ2n) is 6.71. The van der Waals surface area contributed by atoms with Gasteiger partial charge in [0, 0.05) is 53.0 Å². The van der Waals surface area contributed by atoms with Crippen LogP contribution in [0, 0.1) is 0 Å². The van der Waals surface area contributed by atoms with E-state index < -0.39 is 0 Å². The number of anilines is 1. The highest BCUT2D eigenvalue weighted by Crippen LogP contribution is 2.12. The minimum absolute atomic E-state index is 0.0716. The van der Waals surface area contributed by atoms with Crippen molar-refractivity contribution in [3.05, 3.63) is 65.9 Å². The molecule has 1 saturated heterocycles. The van der Waals surface area contributed by atoms with E-state index in [1.165, 1.54) is 5.56 Å². The molecule has 0 radical (unpaired) electrons. The van der Waals surface area contributed by atoms with Crippen LogP contribution in [-0.2, 0) is 0 Å². The number of rotatable bonds is 5. The van der Waals surface area contributed by atoms with E-state index in [-0.39, 0.29) is 5.91 Å². The van der Waals surface area contributed by atoms with Crippen LogP contribution < -0.4 is 4.90 Å². The summed E-state index contributed by atoms with van der Waals surface area (Å²) >= 11 is 0.